The summed E-state index contributed by atoms with van der Waals surface area (Å²) in [7, 11) is -2.08. The molecule has 3 rings (SSSR count). The molecule has 1 aliphatic heterocycles. The Hall–Kier alpha value is -2.49. The summed E-state index contributed by atoms with van der Waals surface area (Å²) in [6, 6.07) is 8.47. The van der Waals surface area contributed by atoms with Crippen LogP contribution in [-0.4, -0.2) is 57.0 Å². The Morgan fingerprint density at radius 2 is 2.07 bits per heavy atom. The molecule has 0 unspecified atom stereocenters. The lowest BCUT2D eigenvalue weighted by Crippen LogP contribution is -2.40. The van der Waals surface area contributed by atoms with Crippen molar-refractivity contribution < 1.29 is 22.7 Å². The molecule has 29 heavy (non-hydrogen) atoms. The number of amides is 1. The number of aryl methyl sites for hydroxylation is 1. The van der Waals surface area contributed by atoms with Gasteiger partial charge in [0.15, 0.2) is 0 Å². The number of hydrogen-bond acceptors (Lipinski definition) is 6. The maximum Gasteiger partial charge on any atom is 0.243 e. The van der Waals surface area contributed by atoms with Crippen LogP contribution in [0.3, 0.4) is 0 Å². The highest BCUT2D eigenvalue weighted by atomic mass is 32.2. The summed E-state index contributed by atoms with van der Waals surface area (Å²) < 4.78 is 37.8. The zero-order valence-corrected chi connectivity index (χ0v) is 17.2. The molecule has 1 saturated heterocycles. The van der Waals surface area contributed by atoms with Gasteiger partial charge in [-0.1, -0.05) is 6.07 Å². The highest BCUT2D eigenvalue weighted by molar-refractivity contribution is 7.89. The number of ether oxygens (including phenoxy) is 2. The number of hydrogen-bond donors (Lipinski definition) is 1. The number of carbonyl (C=O) groups is 1. The minimum Gasteiger partial charge on any atom is -0.496 e. The van der Waals surface area contributed by atoms with Crippen molar-refractivity contribution in [2.45, 2.75) is 24.3 Å². The van der Waals surface area contributed by atoms with Crippen molar-refractivity contribution in [3.05, 3.63) is 53.9 Å². The normalized spacial score (nSPS) is 15.1. The van der Waals surface area contributed by atoms with Gasteiger partial charge in [0.1, 0.15) is 5.75 Å². The molecular weight excluding hydrogens is 394 g/mol. The summed E-state index contributed by atoms with van der Waals surface area (Å²) in [6.07, 6.45) is 3.96. The maximum absolute atomic E-state index is 12.9. The zero-order valence-electron chi connectivity index (χ0n) is 16.3. The second-order valence-corrected chi connectivity index (χ2v) is 8.57. The first kappa shape index (κ1) is 21.2. The van der Waals surface area contributed by atoms with E-state index >= 15 is 0 Å². The van der Waals surface area contributed by atoms with E-state index in [4.69, 9.17) is 9.47 Å². The van der Waals surface area contributed by atoms with Gasteiger partial charge in [0, 0.05) is 38.4 Å². The average Bonchev–Trinajstić information content (AvgIpc) is 2.77. The van der Waals surface area contributed by atoms with Crippen LogP contribution in [0.25, 0.3) is 0 Å². The van der Waals surface area contributed by atoms with Crippen molar-refractivity contribution in [1.29, 1.82) is 0 Å². The Morgan fingerprint density at radius 3 is 2.76 bits per heavy atom. The lowest BCUT2D eigenvalue weighted by molar-refractivity contribution is -0.121. The van der Waals surface area contributed by atoms with E-state index in [0.717, 1.165) is 5.56 Å². The summed E-state index contributed by atoms with van der Waals surface area (Å²) in [5.74, 6) is 0.434. The monoisotopic (exact) mass is 419 g/mol. The van der Waals surface area contributed by atoms with Crippen molar-refractivity contribution in [3.8, 4) is 5.75 Å². The van der Waals surface area contributed by atoms with Crippen LogP contribution in [-0.2, 0) is 32.5 Å². The van der Waals surface area contributed by atoms with Crippen LogP contribution in [0.15, 0.2) is 47.6 Å². The quantitative estimate of drug-likeness (QED) is 0.694. The van der Waals surface area contributed by atoms with E-state index in [-0.39, 0.29) is 17.2 Å². The van der Waals surface area contributed by atoms with E-state index in [9.17, 15) is 13.2 Å². The van der Waals surface area contributed by atoms with Crippen LogP contribution < -0.4 is 10.1 Å². The molecule has 2 heterocycles. The van der Waals surface area contributed by atoms with Gasteiger partial charge in [-0.05, 0) is 41.8 Å². The number of nitrogens with zero attached hydrogens (tertiary/aromatic N) is 2. The molecule has 0 radical (unpaired) electrons. The summed E-state index contributed by atoms with van der Waals surface area (Å²) >= 11 is 0. The van der Waals surface area contributed by atoms with Crippen molar-refractivity contribution in [2.24, 2.45) is 0 Å². The Labute approximate surface area is 170 Å². The van der Waals surface area contributed by atoms with Crippen molar-refractivity contribution in [2.75, 3.05) is 33.4 Å². The molecule has 1 aromatic carbocycles. The number of morpholine rings is 1. The average molecular weight is 420 g/mol. The van der Waals surface area contributed by atoms with Crippen LogP contribution >= 0.6 is 0 Å². The third kappa shape index (κ3) is 5.53. The molecule has 1 fully saturated rings. The molecule has 156 valence electrons. The minimum absolute atomic E-state index is 0.127. The molecule has 1 amide bonds. The van der Waals surface area contributed by atoms with Crippen molar-refractivity contribution in [3.63, 3.8) is 0 Å². The highest BCUT2D eigenvalue weighted by Crippen LogP contribution is 2.26. The summed E-state index contributed by atoms with van der Waals surface area (Å²) in [5.41, 5.74) is 1.59. The number of rotatable bonds is 8. The molecule has 1 N–H and O–H groups in total. The zero-order chi connectivity index (χ0) is 20.7. The van der Waals surface area contributed by atoms with E-state index in [1.807, 2.05) is 12.1 Å². The van der Waals surface area contributed by atoms with E-state index in [1.165, 1.54) is 17.5 Å². The fourth-order valence-electron chi connectivity index (χ4n) is 3.09. The van der Waals surface area contributed by atoms with Gasteiger partial charge >= 0.3 is 0 Å². The van der Waals surface area contributed by atoms with Crippen molar-refractivity contribution >= 4 is 15.9 Å². The number of carbonyl (C=O) groups excluding carboxylic acids is 1. The topological polar surface area (TPSA) is 97.8 Å². The Morgan fingerprint density at radius 1 is 1.28 bits per heavy atom. The predicted molar refractivity (Wildman–Crippen MR) is 107 cm³/mol. The maximum atomic E-state index is 12.9. The Balaban J connectivity index is 1.66. The SMILES string of the molecule is COc1ccc(S(=O)(=O)N2CCOCC2)cc1CCC(=O)NCc1cccnc1. The van der Waals surface area contributed by atoms with Crippen molar-refractivity contribution in [1.82, 2.24) is 14.6 Å². The molecule has 1 aromatic heterocycles. The lowest BCUT2D eigenvalue weighted by Gasteiger charge is -2.26. The van der Waals surface area contributed by atoms with Gasteiger partial charge in [-0.3, -0.25) is 9.78 Å². The van der Waals surface area contributed by atoms with Crippen LogP contribution in [0.1, 0.15) is 17.5 Å². The van der Waals surface area contributed by atoms with Gasteiger partial charge in [-0.15, -0.1) is 0 Å². The smallest absolute Gasteiger partial charge is 0.243 e. The summed E-state index contributed by atoms with van der Waals surface area (Å²) in [5, 5.41) is 2.84. The standard InChI is InChI=1S/C20H25N3O5S/c1-27-19-6-5-18(29(25,26)23-9-11-28-12-10-23)13-17(19)4-7-20(24)22-15-16-3-2-8-21-14-16/h2-3,5-6,8,13-14H,4,7,9-12,15H2,1H3,(H,22,24). The molecular formula is C20H25N3O5S. The number of aromatic nitrogens is 1. The van der Waals surface area contributed by atoms with Gasteiger partial charge in [0.25, 0.3) is 0 Å². The molecule has 0 atom stereocenters. The number of benzene rings is 1. The van der Waals surface area contributed by atoms with Crippen LogP contribution in [0.2, 0.25) is 0 Å². The van der Waals surface area contributed by atoms with Gasteiger partial charge < -0.3 is 14.8 Å². The molecule has 1 aliphatic rings. The van der Waals surface area contributed by atoms with Crippen LogP contribution in [0.4, 0.5) is 0 Å². The second-order valence-electron chi connectivity index (χ2n) is 6.63. The Kier molecular flexibility index (Phi) is 7.18. The van der Waals surface area contributed by atoms with Gasteiger partial charge in [0.2, 0.25) is 15.9 Å². The molecule has 8 nitrogen and oxygen atoms in total. The molecule has 2 aromatic rings. The molecule has 0 aliphatic carbocycles. The number of nitrogens with one attached hydrogen (secondary N) is 1. The first-order valence-corrected chi connectivity index (χ1v) is 10.8. The van der Waals surface area contributed by atoms with E-state index in [1.54, 1.807) is 24.5 Å². The largest absolute Gasteiger partial charge is 0.496 e. The van der Waals surface area contributed by atoms with Crippen LogP contribution in [0.5, 0.6) is 5.75 Å². The molecule has 0 bridgehead atoms. The third-order valence-electron chi connectivity index (χ3n) is 4.69. The molecule has 0 saturated carbocycles. The fourth-order valence-corrected chi connectivity index (χ4v) is 4.55. The first-order valence-electron chi connectivity index (χ1n) is 9.41. The van der Waals surface area contributed by atoms with E-state index < -0.39 is 10.0 Å². The number of methoxy groups -OCH3 is 1. The molecule has 9 heteroatoms. The van der Waals surface area contributed by atoms with E-state index in [2.05, 4.69) is 10.3 Å². The fraction of sp³-hybridized carbons (Fsp3) is 0.400. The third-order valence-corrected chi connectivity index (χ3v) is 6.59. The lowest BCUT2D eigenvalue weighted by atomic mass is 10.1. The van der Waals surface area contributed by atoms with E-state index in [0.29, 0.717) is 50.6 Å². The second kappa shape index (κ2) is 9.82. The van der Waals surface area contributed by atoms with Gasteiger partial charge in [0.05, 0.1) is 25.2 Å². The van der Waals surface area contributed by atoms with Crippen LogP contribution in [0, 0.1) is 0 Å². The number of sulfonamides is 1. The summed E-state index contributed by atoms with van der Waals surface area (Å²) in [6.45, 7) is 1.84. The highest BCUT2D eigenvalue weighted by Gasteiger charge is 2.27. The number of pyridine rings is 1. The minimum atomic E-state index is -3.60. The summed E-state index contributed by atoms with van der Waals surface area (Å²) in [4.78, 5) is 16.4. The van der Waals surface area contributed by atoms with Gasteiger partial charge in [-0.25, -0.2) is 8.42 Å². The Bertz CT molecular complexity index is 928. The first-order chi connectivity index (χ1) is 14.0. The predicted octanol–water partition coefficient (Wildman–Crippen LogP) is 1.36. The van der Waals surface area contributed by atoms with Gasteiger partial charge in [-0.2, -0.15) is 4.31 Å². The molecule has 0 spiro atoms.